The maximum absolute atomic E-state index is 12.7. The molecule has 8 heteroatoms. The van der Waals surface area contributed by atoms with Crippen LogP contribution in [0.25, 0.3) is 0 Å². The van der Waals surface area contributed by atoms with E-state index in [2.05, 4.69) is 20.2 Å². The Morgan fingerprint density at radius 2 is 2.05 bits per heavy atom. The van der Waals surface area contributed by atoms with Crippen molar-refractivity contribution in [3.8, 4) is 0 Å². The van der Waals surface area contributed by atoms with E-state index >= 15 is 0 Å². The van der Waals surface area contributed by atoms with Gasteiger partial charge in [0.25, 0.3) is 0 Å². The average Bonchev–Trinajstić information content (AvgIpc) is 2.84. The van der Waals surface area contributed by atoms with Crippen molar-refractivity contribution in [2.75, 3.05) is 18.4 Å². The number of alkyl halides is 3. The SMILES string of the molecule is FC(F)(F)c1nc(Cl)cc(NC2CCN3CCCC3C2)n1. The molecule has 3 rings (SSSR count). The van der Waals surface area contributed by atoms with Crippen molar-refractivity contribution < 1.29 is 13.2 Å². The molecule has 2 atom stereocenters. The fraction of sp³-hybridized carbons (Fsp3) is 0.692. The molecular weight excluding hydrogens is 305 g/mol. The van der Waals surface area contributed by atoms with Crippen LogP contribution in [0.15, 0.2) is 6.07 Å². The summed E-state index contributed by atoms with van der Waals surface area (Å²) in [5.74, 6) is -1.05. The van der Waals surface area contributed by atoms with Gasteiger partial charge in [-0.3, -0.25) is 0 Å². The topological polar surface area (TPSA) is 41.1 Å². The summed E-state index contributed by atoms with van der Waals surface area (Å²) >= 11 is 5.66. The van der Waals surface area contributed by atoms with Gasteiger partial charge in [-0.25, -0.2) is 9.97 Å². The number of nitrogens with zero attached hydrogens (tertiary/aromatic N) is 3. The highest BCUT2D eigenvalue weighted by molar-refractivity contribution is 6.29. The van der Waals surface area contributed by atoms with Crippen LogP contribution >= 0.6 is 11.6 Å². The van der Waals surface area contributed by atoms with E-state index in [9.17, 15) is 13.2 Å². The summed E-state index contributed by atoms with van der Waals surface area (Å²) in [5, 5.41) is 2.89. The lowest BCUT2D eigenvalue weighted by atomic mass is 9.97. The van der Waals surface area contributed by atoms with E-state index in [1.54, 1.807) is 0 Å². The molecule has 0 radical (unpaired) electrons. The smallest absolute Gasteiger partial charge is 0.367 e. The van der Waals surface area contributed by atoms with Gasteiger partial charge in [0.1, 0.15) is 11.0 Å². The molecule has 0 aromatic carbocycles. The fourth-order valence-corrected chi connectivity index (χ4v) is 3.37. The summed E-state index contributed by atoms with van der Waals surface area (Å²) in [7, 11) is 0. The first kappa shape index (κ1) is 14.8. The van der Waals surface area contributed by atoms with Crippen LogP contribution in [0.4, 0.5) is 19.0 Å². The number of nitrogens with one attached hydrogen (secondary N) is 1. The lowest BCUT2D eigenvalue weighted by Crippen LogP contribution is -2.42. The van der Waals surface area contributed by atoms with Crippen LogP contribution in [0, 0.1) is 0 Å². The van der Waals surface area contributed by atoms with Crippen molar-refractivity contribution in [3.05, 3.63) is 17.0 Å². The van der Waals surface area contributed by atoms with Gasteiger partial charge in [-0.2, -0.15) is 13.2 Å². The van der Waals surface area contributed by atoms with Gasteiger partial charge in [0.2, 0.25) is 5.82 Å². The maximum Gasteiger partial charge on any atom is 0.451 e. The summed E-state index contributed by atoms with van der Waals surface area (Å²) in [6.45, 7) is 2.11. The highest BCUT2D eigenvalue weighted by Crippen LogP contribution is 2.31. The van der Waals surface area contributed by atoms with Gasteiger partial charge in [-0.1, -0.05) is 11.6 Å². The second-order valence-electron chi connectivity index (χ2n) is 5.59. The molecule has 2 aliphatic heterocycles. The average molecular weight is 321 g/mol. The second kappa shape index (κ2) is 5.61. The minimum atomic E-state index is -4.59. The summed E-state index contributed by atoms with van der Waals surface area (Å²) in [6, 6.07) is 2.02. The molecule has 116 valence electrons. The van der Waals surface area contributed by atoms with Gasteiger partial charge in [0.15, 0.2) is 0 Å². The quantitative estimate of drug-likeness (QED) is 0.850. The van der Waals surface area contributed by atoms with E-state index in [1.165, 1.54) is 12.5 Å². The normalized spacial score (nSPS) is 26.7. The first-order valence-electron chi connectivity index (χ1n) is 7.04. The number of hydrogen-bond acceptors (Lipinski definition) is 4. The Balaban J connectivity index is 1.71. The van der Waals surface area contributed by atoms with Crippen LogP contribution in [0.3, 0.4) is 0 Å². The van der Waals surface area contributed by atoms with E-state index in [-0.39, 0.29) is 17.0 Å². The van der Waals surface area contributed by atoms with Crippen molar-refractivity contribution in [3.63, 3.8) is 0 Å². The van der Waals surface area contributed by atoms with Crippen LogP contribution in [-0.4, -0.2) is 40.0 Å². The number of hydrogen-bond donors (Lipinski definition) is 1. The summed E-state index contributed by atoms with van der Waals surface area (Å²) < 4.78 is 38.1. The van der Waals surface area contributed by atoms with Gasteiger partial charge >= 0.3 is 6.18 Å². The fourth-order valence-electron chi connectivity index (χ4n) is 3.18. The number of aromatic nitrogens is 2. The Hall–Kier alpha value is -1.08. The van der Waals surface area contributed by atoms with E-state index < -0.39 is 12.0 Å². The Bertz CT molecular complexity index is 523. The molecule has 0 bridgehead atoms. The zero-order valence-electron chi connectivity index (χ0n) is 11.3. The monoisotopic (exact) mass is 320 g/mol. The minimum Gasteiger partial charge on any atom is -0.367 e. The molecule has 2 unspecified atom stereocenters. The highest BCUT2D eigenvalue weighted by atomic mass is 35.5. The molecule has 2 aliphatic rings. The molecule has 0 aliphatic carbocycles. The zero-order chi connectivity index (χ0) is 15.0. The molecule has 0 amide bonds. The number of fused-ring (bicyclic) bond motifs is 1. The van der Waals surface area contributed by atoms with Gasteiger partial charge < -0.3 is 10.2 Å². The largest absolute Gasteiger partial charge is 0.451 e. The Morgan fingerprint density at radius 1 is 1.24 bits per heavy atom. The third kappa shape index (κ3) is 3.40. The van der Waals surface area contributed by atoms with Crippen molar-refractivity contribution in [2.24, 2.45) is 0 Å². The van der Waals surface area contributed by atoms with E-state index in [0.717, 1.165) is 32.4 Å². The first-order valence-corrected chi connectivity index (χ1v) is 7.42. The molecule has 2 saturated heterocycles. The van der Waals surface area contributed by atoms with Crippen LogP contribution in [0.1, 0.15) is 31.5 Å². The lowest BCUT2D eigenvalue weighted by Gasteiger charge is -2.35. The van der Waals surface area contributed by atoms with Crippen molar-refractivity contribution in [2.45, 2.75) is 43.9 Å². The standard InChI is InChI=1S/C13H16ClF3N4/c14-10-7-11(20-12(19-10)13(15,16)17)18-8-3-5-21-4-1-2-9(21)6-8/h7-9H,1-6H2,(H,18,19,20). The number of piperidine rings is 1. The molecule has 0 saturated carbocycles. The molecular formula is C13H16ClF3N4. The lowest BCUT2D eigenvalue weighted by molar-refractivity contribution is -0.144. The van der Waals surface area contributed by atoms with Crippen LogP contribution in [0.5, 0.6) is 0 Å². The molecule has 1 aromatic rings. The van der Waals surface area contributed by atoms with Crippen molar-refractivity contribution >= 4 is 17.4 Å². The van der Waals surface area contributed by atoms with Crippen LogP contribution < -0.4 is 5.32 Å². The van der Waals surface area contributed by atoms with E-state index in [0.29, 0.717) is 6.04 Å². The predicted octanol–water partition coefficient (Wildman–Crippen LogP) is 3.19. The van der Waals surface area contributed by atoms with Gasteiger partial charge in [0.05, 0.1) is 0 Å². The second-order valence-corrected chi connectivity index (χ2v) is 5.98. The van der Waals surface area contributed by atoms with Crippen LogP contribution in [-0.2, 0) is 6.18 Å². The molecule has 21 heavy (non-hydrogen) atoms. The van der Waals surface area contributed by atoms with E-state index in [4.69, 9.17) is 11.6 Å². The molecule has 1 N–H and O–H groups in total. The molecule has 0 spiro atoms. The van der Waals surface area contributed by atoms with Crippen molar-refractivity contribution in [1.29, 1.82) is 0 Å². The van der Waals surface area contributed by atoms with Gasteiger partial charge in [0, 0.05) is 24.7 Å². The Kier molecular flexibility index (Phi) is 3.96. The van der Waals surface area contributed by atoms with Gasteiger partial charge in [-0.05, 0) is 32.2 Å². The maximum atomic E-state index is 12.7. The number of halogens is 4. The summed E-state index contributed by atoms with van der Waals surface area (Å²) in [4.78, 5) is 9.22. The summed E-state index contributed by atoms with van der Waals surface area (Å²) in [6.07, 6.45) is -0.385. The number of anilines is 1. The van der Waals surface area contributed by atoms with Gasteiger partial charge in [-0.15, -0.1) is 0 Å². The van der Waals surface area contributed by atoms with E-state index in [1.807, 2.05) is 0 Å². The third-order valence-corrected chi connectivity index (χ3v) is 4.31. The predicted molar refractivity (Wildman–Crippen MR) is 73.3 cm³/mol. The molecule has 1 aromatic heterocycles. The molecule has 2 fully saturated rings. The van der Waals surface area contributed by atoms with Crippen LogP contribution in [0.2, 0.25) is 5.15 Å². The molecule has 4 nitrogen and oxygen atoms in total. The van der Waals surface area contributed by atoms with Crippen molar-refractivity contribution in [1.82, 2.24) is 14.9 Å². The first-order chi connectivity index (χ1) is 9.91. The zero-order valence-corrected chi connectivity index (χ0v) is 12.1. The highest BCUT2D eigenvalue weighted by Gasteiger charge is 2.36. The Morgan fingerprint density at radius 3 is 2.81 bits per heavy atom. The number of rotatable bonds is 2. The third-order valence-electron chi connectivity index (χ3n) is 4.12. The molecule has 3 heterocycles. The minimum absolute atomic E-state index is 0.136. The Labute approximate surface area is 125 Å². The summed E-state index contributed by atoms with van der Waals surface area (Å²) in [5.41, 5.74) is 0.